The second-order valence-electron chi connectivity index (χ2n) is 10.7. The minimum atomic E-state index is -3.77. The Balaban J connectivity index is 1.76. The zero-order chi connectivity index (χ0) is 30.1. The van der Waals surface area contributed by atoms with Crippen molar-refractivity contribution in [1.82, 2.24) is 39.7 Å². The Morgan fingerprint density at radius 3 is 2.54 bits per heavy atom. The third-order valence-corrected chi connectivity index (χ3v) is 8.20. The number of nitrogens with two attached hydrogens (primary N) is 1. The van der Waals surface area contributed by atoms with Crippen LogP contribution in [0.2, 0.25) is 0 Å². The van der Waals surface area contributed by atoms with E-state index in [9.17, 15) is 18.3 Å². The van der Waals surface area contributed by atoms with E-state index < -0.39 is 15.4 Å². The fraction of sp³-hybridized carbons (Fsp3) is 0.481. The number of sulfone groups is 1. The highest BCUT2D eigenvalue weighted by molar-refractivity contribution is 7.91. The van der Waals surface area contributed by atoms with Gasteiger partial charge in [0.25, 0.3) is 5.91 Å². The number of nitrogens with one attached hydrogen (secondary N) is 1. The minimum absolute atomic E-state index is 0.0345. The number of H-pyrrole nitrogens is 1. The number of hydrogen-bond acceptors (Lipinski definition) is 10. The molecule has 220 valence electrons. The van der Waals surface area contributed by atoms with Crippen LogP contribution in [0.25, 0.3) is 16.8 Å². The lowest BCUT2D eigenvalue weighted by Crippen LogP contribution is -2.41. The number of carbonyl (C=O) groups excluding carboxylic acids is 1. The summed E-state index contributed by atoms with van der Waals surface area (Å²) in [5.74, 6) is -0.147. The molecule has 0 aliphatic rings. The SMILES string of the molecule is CCCN(C(=O)c1ncn[nH]1)[C@H](CC)CCc1nc2c(-c3cnc(C(C)(C)O)c(C)c3)cnn2c(N)c1S(C)(=O)=O. The molecule has 13 nitrogen and oxygen atoms in total. The maximum Gasteiger partial charge on any atom is 0.291 e. The van der Waals surface area contributed by atoms with E-state index in [1.54, 1.807) is 31.1 Å². The molecule has 0 radical (unpaired) electrons. The number of aromatic nitrogens is 7. The highest BCUT2D eigenvalue weighted by Crippen LogP contribution is 2.32. The van der Waals surface area contributed by atoms with Gasteiger partial charge in [0.2, 0.25) is 5.82 Å². The van der Waals surface area contributed by atoms with Gasteiger partial charge in [-0.1, -0.05) is 13.8 Å². The molecule has 4 rings (SSSR count). The van der Waals surface area contributed by atoms with Crippen molar-refractivity contribution < 1.29 is 18.3 Å². The number of aryl methyl sites for hydroxylation is 2. The molecule has 14 heteroatoms. The van der Waals surface area contributed by atoms with Crippen LogP contribution in [0.4, 0.5) is 5.82 Å². The van der Waals surface area contributed by atoms with Gasteiger partial charge in [-0.15, -0.1) is 0 Å². The number of pyridine rings is 1. The van der Waals surface area contributed by atoms with Crippen LogP contribution >= 0.6 is 0 Å². The topological polar surface area (TPSA) is 185 Å². The maximum atomic E-state index is 13.2. The first-order valence-corrected chi connectivity index (χ1v) is 15.4. The second-order valence-corrected chi connectivity index (χ2v) is 12.7. The van der Waals surface area contributed by atoms with Crippen molar-refractivity contribution >= 4 is 27.2 Å². The molecule has 0 unspecified atom stereocenters. The van der Waals surface area contributed by atoms with Gasteiger partial charge in [0.15, 0.2) is 15.5 Å². The van der Waals surface area contributed by atoms with Gasteiger partial charge in [0.05, 0.1) is 17.6 Å². The van der Waals surface area contributed by atoms with Crippen LogP contribution in [0.5, 0.6) is 0 Å². The number of aromatic amines is 1. The van der Waals surface area contributed by atoms with Gasteiger partial charge in [-0.25, -0.2) is 18.4 Å². The van der Waals surface area contributed by atoms with Crippen molar-refractivity contribution in [3.63, 3.8) is 0 Å². The Kier molecular flexibility index (Phi) is 8.45. The largest absolute Gasteiger partial charge is 0.384 e. The fourth-order valence-electron chi connectivity index (χ4n) is 5.21. The molecule has 0 aromatic carbocycles. The third-order valence-electron chi connectivity index (χ3n) is 7.02. The molecule has 0 saturated carbocycles. The average molecular weight is 584 g/mol. The van der Waals surface area contributed by atoms with E-state index in [-0.39, 0.29) is 34.9 Å². The summed E-state index contributed by atoms with van der Waals surface area (Å²) in [6, 6.07) is 1.68. The summed E-state index contributed by atoms with van der Waals surface area (Å²) in [6.07, 6.45) is 7.67. The van der Waals surface area contributed by atoms with Crippen LogP contribution in [0.3, 0.4) is 0 Å². The normalized spacial score (nSPS) is 13.0. The molecule has 0 bridgehead atoms. The summed E-state index contributed by atoms with van der Waals surface area (Å²) in [6.45, 7) is 9.66. The van der Waals surface area contributed by atoms with Crippen LogP contribution < -0.4 is 5.73 Å². The average Bonchev–Trinajstić information content (AvgIpc) is 3.57. The number of fused-ring (bicyclic) bond motifs is 1. The molecule has 4 aromatic heterocycles. The van der Waals surface area contributed by atoms with E-state index in [1.807, 2.05) is 26.8 Å². The van der Waals surface area contributed by atoms with Crippen LogP contribution in [0.1, 0.15) is 74.5 Å². The molecule has 0 spiro atoms. The number of anilines is 1. The van der Waals surface area contributed by atoms with E-state index in [0.29, 0.717) is 47.5 Å². The van der Waals surface area contributed by atoms with E-state index in [1.165, 1.54) is 10.8 Å². The number of hydrogen-bond donors (Lipinski definition) is 3. The zero-order valence-corrected chi connectivity index (χ0v) is 25.0. The Morgan fingerprint density at radius 2 is 1.98 bits per heavy atom. The predicted molar refractivity (Wildman–Crippen MR) is 154 cm³/mol. The molecule has 1 atom stereocenters. The highest BCUT2D eigenvalue weighted by atomic mass is 32.2. The fourth-order valence-corrected chi connectivity index (χ4v) is 6.25. The summed E-state index contributed by atoms with van der Waals surface area (Å²) < 4.78 is 27.1. The number of amides is 1. The van der Waals surface area contributed by atoms with Gasteiger partial charge >= 0.3 is 0 Å². The van der Waals surface area contributed by atoms with E-state index in [2.05, 4.69) is 25.3 Å². The minimum Gasteiger partial charge on any atom is -0.384 e. The van der Waals surface area contributed by atoms with Crippen LogP contribution in [-0.2, 0) is 21.9 Å². The van der Waals surface area contributed by atoms with Gasteiger partial charge in [-0.3, -0.25) is 14.9 Å². The Hall–Kier alpha value is -3.91. The molecule has 4 aromatic rings. The molecule has 4 N–H and O–H groups in total. The van der Waals surface area contributed by atoms with Crippen molar-refractivity contribution in [3.8, 4) is 11.1 Å². The Bertz CT molecular complexity index is 1660. The van der Waals surface area contributed by atoms with Crippen molar-refractivity contribution in [3.05, 3.63) is 47.6 Å². The van der Waals surface area contributed by atoms with E-state index in [0.717, 1.165) is 18.2 Å². The second kappa shape index (κ2) is 11.5. The van der Waals surface area contributed by atoms with Gasteiger partial charge in [-0.2, -0.15) is 14.7 Å². The molecule has 0 aliphatic heterocycles. The number of carbonyl (C=O) groups is 1. The summed E-state index contributed by atoms with van der Waals surface area (Å²) in [4.78, 5) is 28.1. The number of rotatable bonds is 11. The zero-order valence-electron chi connectivity index (χ0n) is 24.2. The van der Waals surface area contributed by atoms with Crippen LogP contribution in [-0.4, -0.2) is 77.9 Å². The highest BCUT2D eigenvalue weighted by Gasteiger charge is 2.28. The smallest absolute Gasteiger partial charge is 0.291 e. The Labute approximate surface area is 239 Å². The van der Waals surface area contributed by atoms with Gasteiger partial charge in [0.1, 0.15) is 22.6 Å². The molecule has 4 heterocycles. The molecule has 0 fully saturated rings. The van der Waals surface area contributed by atoms with E-state index in [4.69, 9.17) is 10.7 Å². The molecule has 0 aliphatic carbocycles. The lowest BCUT2D eigenvalue weighted by molar-refractivity contribution is 0.0649. The van der Waals surface area contributed by atoms with Crippen molar-refractivity contribution in [2.45, 2.75) is 76.8 Å². The summed E-state index contributed by atoms with van der Waals surface area (Å²) in [5.41, 5.74) is 8.66. The number of aliphatic hydroxyl groups is 1. The molecular formula is C27H37N9O4S. The van der Waals surface area contributed by atoms with E-state index >= 15 is 0 Å². The summed E-state index contributed by atoms with van der Waals surface area (Å²) in [7, 11) is -3.77. The molecule has 41 heavy (non-hydrogen) atoms. The van der Waals surface area contributed by atoms with Gasteiger partial charge in [-0.05, 0) is 58.1 Å². The molecular weight excluding hydrogens is 546 g/mol. The van der Waals surface area contributed by atoms with Gasteiger partial charge in [0, 0.05) is 36.2 Å². The van der Waals surface area contributed by atoms with Gasteiger partial charge < -0.3 is 15.7 Å². The lowest BCUT2D eigenvalue weighted by Gasteiger charge is -2.30. The van der Waals surface area contributed by atoms with Crippen LogP contribution in [0, 0.1) is 6.92 Å². The number of nitrogen functional groups attached to an aromatic ring is 1. The van der Waals surface area contributed by atoms with Crippen LogP contribution in [0.15, 0.2) is 29.7 Å². The maximum absolute atomic E-state index is 13.2. The molecule has 0 saturated heterocycles. The summed E-state index contributed by atoms with van der Waals surface area (Å²) >= 11 is 0. The standard InChI is InChI=1S/C27H37N9O4S/c1-7-11-35(26(37)24-30-15-31-34-24)18(8-2)9-10-20-21(41(6,39)40)23(28)36-25(33-20)19(14-32-36)17-12-16(3)22(29-13-17)27(4,5)38/h12-15,18,38H,7-11,28H2,1-6H3,(H,30,31,34)/t18-/m1/s1. The lowest BCUT2D eigenvalue weighted by atomic mass is 9.98. The quantitative estimate of drug-likeness (QED) is 0.237. The molecule has 1 amide bonds. The van der Waals surface area contributed by atoms with Crippen molar-refractivity contribution in [2.75, 3.05) is 18.5 Å². The summed E-state index contributed by atoms with van der Waals surface area (Å²) in [5, 5.41) is 21.2. The predicted octanol–water partition coefficient (Wildman–Crippen LogP) is 2.69. The Morgan fingerprint density at radius 1 is 1.24 bits per heavy atom. The van der Waals surface area contributed by atoms with Crippen molar-refractivity contribution in [1.29, 1.82) is 0 Å². The monoisotopic (exact) mass is 583 g/mol. The first-order valence-electron chi connectivity index (χ1n) is 13.5. The third kappa shape index (κ3) is 6.07. The number of nitrogens with zero attached hydrogens (tertiary/aromatic N) is 7. The first-order chi connectivity index (χ1) is 19.3. The van der Waals surface area contributed by atoms with Crippen molar-refractivity contribution in [2.24, 2.45) is 0 Å². The first kappa shape index (κ1) is 30.1.